The van der Waals surface area contributed by atoms with Crippen LogP contribution >= 0.6 is 0 Å². The molecule has 1 rings (SSSR count). The van der Waals surface area contributed by atoms with E-state index in [1.54, 1.807) is 12.1 Å². The number of carbonyl (C=O) groups excluding carboxylic acids is 1. The molecular formula is C15H25N3O. The van der Waals surface area contributed by atoms with Gasteiger partial charge in [-0.15, -0.1) is 0 Å². The van der Waals surface area contributed by atoms with Crippen LogP contribution in [0.5, 0.6) is 0 Å². The fraction of sp³-hybridized carbons (Fsp3) is 0.533. The molecule has 4 nitrogen and oxygen atoms in total. The molecule has 0 aliphatic heterocycles. The summed E-state index contributed by atoms with van der Waals surface area (Å²) >= 11 is 0. The van der Waals surface area contributed by atoms with Gasteiger partial charge in [0.2, 0.25) is 5.91 Å². The van der Waals surface area contributed by atoms with Crippen molar-refractivity contribution in [2.75, 3.05) is 31.2 Å². The van der Waals surface area contributed by atoms with E-state index < -0.39 is 0 Å². The second-order valence-corrected chi connectivity index (χ2v) is 4.93. The third-order valence-corrected chi connectivity index (χ3v) is 3.03. The maximum atomic E-state index is 11.8. The van der Waals surface area contributed by atoms with Gasteiger partial charge in [-0.2, -0.15) is 0 Å². The minimum absolute atomic E-state index is 0.0351. The van der Waals surface area contributed by atoms with E-state index in [2.05, 4.69) is 24.2 Å². The van der Waals surface area contributed by atoms with Crippen LogP contribution in [0.1, 0.15) is 32.6 Å². The molecule has 0 aromatic heterocycles. The van der Waals surface area contributed by atoms with Crippen molar-refractivity contribution in [3.8, 4) is 0 Å². The van der Waals surface area contributed by atoms with Crippen molar-refractivity contribution >= 4 is 17.3 Å². The molecule has 0 heterocycles. The molecule has 0 unspecified atom stereocenters. The number of hydrogen-bond donors (Lipinski definition) is 2. The van der Waals surface area contributed by atoms with Crippen molar-refractivity contribution in [3.63, 3.8) is 0 Å². The predicted octanol–water partition coefficient (Wildman–Crippen LogP) is 2.72. The molecular weight excluding hydrogens is 238 g/mol. The zero-order chi connectivity index (χ0) is 14.1. The highest BCUT2D eigenvalue weighted by atomic mass is 16.1. The highest BCUT2D eigenvalue weighted by Gasteiger charge is 2.05. The lowest BCUT2D eigenvalue weighted by Gasteiger charge is -2.16. The molecule has 3 N–H and O–H groups in total. The zero-order valence-corrected chi connectivity index (χ0v) is 12.0. The van der Waals surface area contributed by atoms with E-state index in [1.165, 1.54) is 19.3 Å². The molecule has 1 aromatic rings. The normalized spacial score (nSPS) is 10.7. The molecule has 0 atom stereocenters. The standard InChI is InChI=1S/C15H25N3O/c1-3-4-5-10-18(2)11-9-15(19)17-14-8-6-7-13(16)12-14/h6-8,12H,3-5,9-11,16H2,1-2H3,(H,17,19). The van der Waals surface area contributed by atoms with Gasteiger partial charge >= 0.3 is 0 Å². The zero-order valence-electron chi connectivity index (χ0n) is 12.0. The van der Waals surface area contributed by atoms with E-state index in [4.69, 9.17) is 5.73 Å². The van der Waals surface area contributed by atoms with Gasteiger partial charge in [-0.1, -0.05) is 25.8 Å². The smallest absolute Gasteiger partial charge is 0.225 e. The quantitative estimate of drug-likeness (QED) is 0.560. The van der Waals surface area contributed by atoms with Crippen molar-refractivity contribution < 1.29 is 4.79 Å². The average Bonchev–Trinajstić information content (AvgIpc) is 2.37. The summed E-state index contributed by atoms with van der Waals surface area (Å²) in [6, 6.07) is 7.25. The summed E-state index contributed by atoms with van der Waals surface area (Å²) in [5.74, 6) is 0.0351. The van der Waals surface area contributed by atoms with Gasteiger partial charge in [0, 0.05) is 24.3 Å². The fourth-order valence-electron chi connectivity index (χ4n) is 1.88. The van der Waals surface area contributed by atoms with Crippen LogP contribution in [0, 0.1) is 0 Å². The van der Waals surface area contributed by atoms with Gasteiger partial charge in [0.15, 0.2) is 0 Å². The monoisotopic (exact) mass is 263 g/mol. The maximum absolute atomic E-state index is 11.8. The van der Waals surface area contributed by atoms with Crippen LogP contribution in [0.4, 0.5) is 11.4 Å². The Morgan fingerprint density at radius 2 is 2.11 bits per heavy atom. The van der Waals surface area contributed by atoms with Gasteiger partial charge in [0.1, 0.15) is 0 Å². The molecule has 19 heavy (non-hydrogen) atoms. The van der Waals surface area contributed by atoms with Crippen LogP contribution in [0.3, 0.4) is 0 Å². The first-order valence-electron chi connectivity index (χ1n) is 6.95. The predicted molar refractivity (Wildman–Crippen MR) is 81.1 cm³/mol. The minimum atomic E-state index is 0.0351. The van der Waals surface area contributed by atoms with Crippen molar-refractivity contribution in [2.24, 2.45) is 0 Å². The van der Waals surface area contributed by atoms with Crippen molar-refractivity contribution in [3.05, 3.63) is 24.3 Å². The van der Waals surface area contributed by atoms with Crippen LogP contribution in [0.25, 0.3) is 0 Å². The molecule has 0 saturated carbocycles. The molecule has 0 aliphatic carbocycles. The van der Waals surface area contributed by atoms with E-state index in [1.807, 2.05) is 12.1 Å². The van der Waals surface area contributed by atoms with Crippen LogP contribution in [-0.2, 0) is 4.79 Å². The molecule has 0 aliphatic rings. The first-order chi connectivity index (χ1) is 9.11. The number of nitrogens with two attached hydrogens (primary N) is 1. The third kappa shape index (κ3) is 6.82. The average molecular weight is 263 g/mol. The lowest BCUT2D eigenvalue weighted by atomic mass is 10.2. The van der Waals surface area contributed by atoms with Crippen molar-refractivity contribution in [1.29, 1.82) is 0 Å². The van der Waals surface area contributed by atoms with Gasteiger partial charge in [-0.3, -0.25) is 4.79 Å². The van der Waals surface area contributed by atoms with Crippen molar-refractivity contribution in [1.82, 2.24) is 4.90 Å². The molecule has 0 spiro atoms. The molecule has 0 radical (unpaired) electrons. The Morgan fingerprint density at radius 1 is 1.32 bits per heavy atom. The summed E-state index contributed by atoms with van der Waals surface area (Å²) in [7, 11) is 2.06. The van der Waals surface area contributed by atoms with E-state index >= 15 is 0 Å². The lowest BCUT2D eigenvalue weighted by Crippen LogP contribution is -2.25. The molecule has 4 heteroatoms. The number of nitrogens with zero attached hydrogens (tertiary/aromatic N) is 1. The summed E-state index contributed by atoms with van der Waals surface area (Å²) in [6.07, 6.45) is 4.19. The number of benzene rings is 1. The summed E-state index contributed by atoms with van der Waals surface area (Å²) < 4.78 is 0. The highest BCUT2D eigenvalue weighted by Crippen LogP contribution is 2.11. The van der Waals surface area contributed by atoms with E-state index in [9.17, 15) is 4.79 Å². The van der Waals surface area contributed by atoms with Gasteiger partial charge in [0.25, 0.3) is 0 Å². The lowest BCUT2D eigenvalue weighted by molar-refractivity contribution is -0.116. The SMILES string of the molecule is CCCCCN(C)CCC(=O)Nc1cccc(N)c1. The molecule has 0 saturated heterocycles. The van der Waals surface area contributed by atoms with Gasteiger partial charge in [-0.05, 0) is 38.2 Å². The number of rotatable bonds is 8. The van der Waals surface area contributed by atoms with Crippen LogP contribution in [0.2, 0.25) is 0 Å². The highest BCUT2D eigenvalue weighted by molar-refractivity contribution is 5.91. The summed E-state index contributed by atoms with van der Waals surface area (Å²) in [6.45, 7) is 4.04. The molecule has 0 bridgehead atoms. The number of carbonyl (C=O) groups is 1. The van der Waals surface area contributed by atoms with Crippen LogP contribution < -0.4 is 11.1 Å². The molecule has 1 amide bonds. The minimum Gasteiger partial charge on any atom is -0.399 e. The van der Waals surface area contributed by atoms with E-state index in [0.717, 1.165) is 18.8 Å². The van der Waals surface area contributed by atoms with Gasteiger partial charge < -0.3 is 16.0 Å². The Bertz CT molecular complexity index is 393. The maximum Gasteiger partial charge on any atom is 0.225 e. The number of hydrogen-bond acceptors (Lipinski definition) is 3. The Kier molecular flexibility index (Phi) is 6.97. The molecule has 106 valence electrons. The Balaban J connectivity index is 2.24. The Hall–Kier alpha value is -1.55. The molecule has 1 aromatic carbocycles. The molecule has 0 fully saturated rings. The van der Waals surface area contributed by atoms with E-state index in [-0.39, 0.29) is 5.91 Å². The topological polar surface area (TPSA) is 58.4 Å². The summed E-state index contributed by atoms with van der Waals surface area (Å²) in [4.78, 5) is 14.0. The first-order valence-corrected chi connectivity index (χ1v) is 6.95. The van der Waals surface area contributed by atoms with E-state index in [0.29, 0.717) is 12.1 Å². The number of anilines is 2. The third-order valence-electron chi connectivity index (χ3n) is 3.03. The number of amides is 1. The number of nitrogens with one attached hydrogen (secondary N) is 1. The second-order valence-electron chi connectivity index (χ2n) is 4.93. The first kappa shape index (κ1) is 15.5. The number of unbranched alkanes of at least 4 members (excludes halogenated alkanes) is 2. The number of nitrogen functional groups attached to an aromatic ring is 1. The summed E-state index contributed by atoms with van der Waals surface area (Å²) in [5, 5.41) is 2.86. The Morgan fingerprint density at radius 3 is 2.79 bits per heavy atom. The Labute approximate surface area is 116 Å². The largest absolute Gasteiger partial charge is 0.399 e. The van der Waals surface area contributed by atoms with Crippen LogP contribution in [-0.4, -0.2) is 30.9 Å². The summed E-state index contributed by atoms with van der Waals surface area (Å²) in [5.41, 5.74) is 7.09. The van der Waals surface area contributed by atoms with Crippen LogP contribution in [0.15, 0.2) is 24.3 Å². The van der Waals surface area contributed by atoms with Crippen molar-refractivity contribution in [2.45, 2.75) is 32.6 Å². The second kappa shape index (κ2) is 8.53. The fourth-order valence-corrected chi connectivity index (χ4v) is 1.88. The van der Waals surface area contributed by atoms with Gasteiger partial charge in [-0.25, -0.2) is 0 Å². The van der Waals surface area contributed by atoms with Gasteiger partial charge in [0.05, 0.1) is 0 Å².